The fraction of sp³-hybridized carbons (Fsp3) is 0.133. The molecular weight excluding hydrogens is 366 g/mol. The van der Waals surface area contributed by atoms with Crippen LogP contribution in [0.25, 0.3) is 5.69 Å². The fourth-order valence-corrected chi connectivity index (χ4v) is 2.79. The van der Waals surface area contributed by atoms with Crippen LogP contribution in [0.3, 0.4) is 0 Å². The third-order valence-corrected chi connectivity index (χ3v) is 4.50. The Morgan fingerprint density at radius 2 is 2.04 bits per heavy atom. The minimum atomic E-state index is -0.772. The predicted molar refractivity (Wildman–Crippen MR) is 95.9 cm³/mol. The predicted octanol–water partition coefficient (Wildman–Crippen LogP) is 2.05. The zero-order chi connectivity index (χ0) is 18.0. The van der Waals surface area contributed by atoms with E-state index in [2.05, 4.69) is 20.2 Å². The Balaban J connectivity index is 2.08. The highest BCUT2D eigenvalue weighted by Gasteiger charge is 2.14. The quantitative estimate of drug-likeness (QED) is 0.675. The second-order valence-electron chi connectivity index (χ2n) is 4.90. The van der Waals surface area contributed by atoms with Crippen molar-refractivity contribution >= 4 is 34.3 Å². The number of aromatic nitrogens is 4. The van der Waals surface area contributed by atoms with E-state index >= 15 is 0 Å². The highest BCUT2D eigenvalue weighted by atomic mass is 35.5. The first-order valence-electron chi connectivity index (χ1n) is 7.20. The summed E-state index contributed by atoms with van der Waals surface area (Å²) in [6.07, 6.45) is 1.88. The Morgan fingerprint density at radius 3 is 2.68 bits per heavy atom. The lowest BCUT2D eigenvalue weighted by Crippen LogP contribution is -2.31. The molecule has 0 radical (unpaired) electrons. The van der Waals surface area contributed by atoms with Gasteiger partial charge in [-0.2, -0.15) is 0 Å². The lowest BCUT2D eigenvalue weighted by molar-refractivity contribution is 0.430. The summed E-state index contributed by atoms with van der Waals surface area (Å²) in [4.78, 5) is 30.3. The van der Waals surface area contributed by atoms with Crippen molar-refractivity contribution in [3.8, 4) is 11.6 Å². The minimum absolute atomic E-state index is 0.164. The first-order valence-corrected chi connectivity index (χ1v) is 8.39. The molecule has 2 heterocycles. The second kappa shape index (κ2) is 6.99. The van der Waals surface area contributed by atoms with E-state index in [1.54, 1.807) is 24.3 Å². The summed E-state index contributed by atoms with van der Waals surface area (Å²) in [6.45, 7) is 1.94. The lowest BCUT2D eigenvalue weighted by atomic mass is 10.3. The van der Waals surface area contributed by atoms with Crippen LogP contribution in [0.1, 0.15) is 17.5 Å². The molecule has 8 nitrogen and oxygen atoms in total. The number of H-pyrrole nitrogens is 1. The molecule has 0 aliphatic carbocycles. The number of hydrogen-bond acceptors (Lipinski definition) is 7. The van der Waals surface area contributed by atoms with Crippen LogP contribution in [0.15, 0.2) is 38.8 Å². The van der Waals surface area contributed by atoms with Gasteiger partial charge in [0.2, 0.25) is 11.0 Å². The van der Waals surface area contributed by atoms with E-state index in [1.807, 2.05) is 6.92 Å². The molecule has 2 N–H and O–H groups in total. The average Bonchev–Trinajstić information content (AvgIpc) is 3.04. The molecule has 0 aliphatic heterocycles. The Hall–Kier alpha value is -2.78. The van der Waals surface area contributed by atoms with Crippen molar-refractivity contribution < 1.29 is 5.11 Å². The number of aromatic hydroxyl groups is 1. The maximum Gasteiger partial charge on any atom is 0.335 e. The number of aromatic amines is 1. The van der Waals surface area contributed by atoms with Gasteiger partial charge in [0.05, 0.1) is 5.69 Å². The summed E-state index contributed by atoms with van der Waals surface area (Å²) < 4.78 is 0.955. The van der Waals surface area contributed by atoms with E-state index in [0.717, 1.165) is 22.2 Å². The van der Waals surface area contributed by atoms with Crippen LogP contribution >= 0.6 is 22.9 Å². The van der Waals surface area contributed by atoms with Crippen molar-refractivity contribution in [2.24, 2.45) is 4.99 Å². The molecular formula is C15H12ClN5O3S. The number of aryl methyl sites for hydroxylation is 1. The van der Waals surface area contributed by atoms with Gasteiger partial charge in [0.1, 0.15) is 10.6 Å². The standard InChI is InChI=1S/C15H12ClN5O3S/c1-2-11-19-20-14(25-11)17-7-10-12(22)18-15(24)21(13(10)23)9-5-3-8(16)4-6-9/h3-7,23H,2H2,1H3,(H,18,22,24). The van der Waals surface area contributed by atoms with E-state index in [4.69, 9.17) is 11.6 Å². The van der Waals surface area contributed by atoms with E-state index in [-0.39, 0.29) is 5.56 Å². The van der Waals surface area contributed by atoms with Crippen LogP contribution in [-0.2, 0) is 6.42 Å². The van der Waals surface area contributed by atoms with Crippen LogP contribution in [0, 0.1) is 0 Å². The maximum absolute atomic E-state index is 12.1. The zero-order valence-corrected chi connectivity index (χ0v) is 14.5. The Bertz CT molecular complexity index is 1050. The van der Waals surface area contributed by atoms with Crippen LogP contribution in [0.4, 0.5) is 5.13 Å². The van der Waals surface area contributed by atoms with Gasteiger partial charge in [-0.05, 0) is 30.7 Å². The topological polar surface area (TPSA) is 113 Å². The SMILES string of the molecule is CCc1nnc(N=Cc2c(O)n(-c3ccc(Cl)cc3)c(=O)[nH]c2=O)s1. The molecule has 128 valence electrons. The zero-order valence-electron chi connectivity index (χ0n) is 12.9. The molecule has 0 aliphatic rings. The minimum Gasteiger partial charge on any atom is -0.493 e. The van der Waals surface area contributed by atoms with Crippen molar-refractivity contribution in [3.63, 3.8) is 0 Å². The number of hydrogen-bond donors (Lipinski definition) is 2. The Morgan fingerprint density at radius 1 is 1.32 bits per heavy atom. The molecule has 0 saturated heterocycles. The summed E-state index contributed by atoms with van der Waals surface area (Å²) in [5, 5.41) is 19.8. The van der Waals surface area contributed by atoms with Gasteiger partial charge in [-0.3, -0.25) is 9.78 Å². The van der Waals surface area contributed by atoms with Crippen LogP contribution < -0.4 is 11.2 Å². The molecule has 0 spiro atoms. The molecule has 0 unspecified atom stereocenters. The molecule has 10 heteroatoms. The second-order valence-corrected chi connectivity index (χ2v) is 6.38. The van der Waals surface area contributed by atoms with Crippen molar-refractivity contribution in [2.75, 3.05) is 0 Å². The lowest BCUT2D eigenvalue weighted by Gasteiger charge is -2.09. The first kappa shape index (κ1) is 17.1. The molecule has 0 atom stereocenters. The number of halogens is 1. The third kappa shape index (κ3) is 3.52. The van der Waals surface area contributed by atoms with Gasteiger partial charge in [-0.25, -0.2) is 14.4 Å². The van der Waals surface area contributed by atoms with Crippen LogP contribution in [-0.4, -0.2) is 31.1 Å². The van der Waals surface area contributed by atoms with Gasteiger partial charge in [-0.15, -0.1) is 10.2 Å². The maximum atomic E-state index is 12.1. The summed E-state index contributed by atoms with van der Waals surface area (Å²) in [6, 6.07) is 6.21. The van der Waals surface area contributed by atoms with Gasteiger partial charge < -0.3 is 5.11 Å². The Kier molecular flexibility index (Phi) is 4.77. The van der Waals surface area contributed by atoms with Gasteiger partial charge in [-0.1, -0.05) is 29.9 Å². The molecule has 25 heavy (non-hydrogen) atoms. The van der Waals surface area contributed by atoms with E-state index < -0.39 is 17.1 Å². The number of benzene rings is 1. The fourth-order valence-electron chi connectivity index (χ4n) is 2.04. The molecule has 0 bridgehead atoms. The molecule has 0 amide bonds. The molecule has 0 saturated carbocycles. The number of aliphatic imine (C=N–C) groups is 1. The summed E-state index contributed by atoms with van der Waals surface area (Å²) in [7, 11) is 0. The van der Waals surface area contributed by atoms with Crippen LogP contribution in [0.2, 0.25) is 5.02 Å². The molecule has 3 aromatic rings. The van der Waals surface area contributed by atoms with Crippen molar-refractivity contribution in [2.45, 2.75) is 13.3 Å². The number of rotatable bonds is 4. The van der Waals surface area contributed by atoms with E-state index in [1.165, 1.54) is 11.3 Å². The molecule has 3 rings (SSSR count). The largest absolute Gasteiger partial charge is 0.493 e. The van der Waals surface area contributed by atoms with Crippen molar-refractivity contribution in [3.05, 3.63) is 60.7 Å². The number of nitrogens with zero attached hydrogens (tertiary/aromatic N) is 4. The van der Waals surface area contributed by atoms with Crippen LogP contribution in [0.5, 0.6) is 5.88 Å². The van der Waals surface area contributed by atoms with Crippen molar-refractivity contribution in [1.29, 1.82) is 0 Å². The van der Waals surface area contributed by atoms with Gasteiger partial charge in [0.25, 0.3) is 5.56 Å². The Labute approximate surface area is 150 Å². The van der Waals surface area contributed by atoms with Crippen molar-refractivity contribution in [1.82, 2.24) is 19.7 Å². The highest BCUT2D eigenvalue weighted by molar-refractivity contribution is 7.14. The smallest absolute Gasteiger partial charge is 0.335 e. The third-order valence-electron chi connectivity index (χ3n) is 3.27. The summed E-state index contributed by atoms with van der Waals surface area (Å²) in [5.41, 5.74) is -1.34. The van der Waals surface area contributed by atoms with Gasteiger partial charge in [0.15, 0.2) is 0 Å². The van der Waals surface area contributed by atoms with E-state index in [0.29, 0.717) is 15.8 Å². The molecule has 2 aromatic heterocycles. The normalized spacial score (nSPS) is 11.3. The monoisotopic (exact) mass is 377 g/mol. The van der Waals surface area contributed by atoms with E-state index in [9.17, 15) is 14.7 Å². The highest BCUT2D eigenvalue weighted by Crippen LogP contribution is 2.20. The summed E-state index contributed by atoms with van der Waals surface area (Å²) >= 11 is 7.10. The summed E-state index contributed by atoms with van der Waals surface area (Å²) in [5.74, 6) is -0.528. The molecule has 0 fully saturated rings. The van der Waals surface area contributed by atoms with Gasteiger partial charge in [0, 0.05) is 11.2 Å². The number of nitrogens with one attached hydrogen (secondary N) is 1. The average molecular weight is 378 g/mol. The first-order chi connectivity index (χ1) is 12.0. The molecule has 1 aromatic carbocycles. The van der Waals surface area contributed by atoms with Gasteiger partial charge >= 0.3 is 5.69 Å².